The number of nitrogens with two attached hydrogens (primary N) is 1. The van der Waals surface area contributed by atoms with Gasteiger partial charge in [0.1, 0.15) is 5.82 Å². The summed E-state index contributed by atoms with van der Waals surface area (Å²) in [4.78, 5) is 7.69. The molecule has 88 valence electrons. The van der Waals surface area contributed by atoms with E-state index < -0.39 is 11.6 Å². The highest BCUT2D eigenvalue weighted by atomic mass is 19.2. The molecular weight excluding hydrogens is 226 g/mol. The summed E-state index contributed by atoms with van der Waals surface area (Å²) < 4.78 is 26.4. The number of aryl methyl sites for hydroxylation is 1. The van der Waals surface area contributed by atoms with E-state index in [-0.39, 0.29) is 11.6 Å². The van der Waals surface area contributed by atoms with Crippen molar-refractivity contribution in [3.63, 3.8) is 0 Å². The normalized spacial score (nSPS) is 10.3. The molecule has 0 saturated carbocycles. The summed E-state index contributed by atoms with van der Waals surface area (Å²) in [5.41, 5.74) is 6.11. The number of hydrogen-bond donors (Lipinski definition) is 2. The lowest BCUT2D eigenvalue weighted by Crippen LogP contribution is -2.03. The molecule has 0 aliphatic rings. The van der Waals surface area contributed by atoms with Gasteiger partial charge in [-0.1, -0.05) is 6.07 Å². The number of benzene rings is 1. The van der Waals surface area contributed by atoms with Crippen LogP contribution < -0.4 is 11.1 Å². The first-order chi connectivity index (χ1) is 8.08. The zero-order valence-electron chi connectivity index (χ0n) is 9.04. The maximum absolute atomic E-state index is 13.4. The maximum Gasteiger partial charge on any atom is 0.221 e. The average Bonchev–Trinajstić information content (AvgIpc) is 2.30. The molecule has 0 spiro atoms. The molecule has 0 fully saturated rings. The SMILES string of the molecule is Cc1cnc(N)nc1Nc1cccc(F)c1F. The van der Waals surface area contributed by atoms with E-state index in [1.165, 1.54) is 18.3 Å². The van der Waals surface area contributed by atoms with Crippen LogP contribution in [0.1, 0.15) is 5.56 Å². The second-order valence-corrected chi connectivity index (χ2v) is 3.49. The van der Waals surface area contributed by atoms with E-state index in [9.17, 15) is 8.78 Å². The Hall–Kier alpha value is -2.24. The molecule has 0 unspecified atom stereocenters. The van der Waals surface area contributed by atoms with Crippen LogP contribution in [-0.4, -0.2) is 9.97 Å². The van der Waals surface area contributed by atoms with Crippen molar-refractivity contribution < 1.29 is 8.78 Å². The number of halogens is 2. The molecule has 2 aromatic rings. The quantitative estimate of drug-likeness (QED) is 0.840. The van der Waals surface area contributed by atoms with Gasteiger partial charge in [-0.15, -0.1) is 0 Å². The van der Waals surface area contributed by atoms with Crippen molar-refractivity contribution in [2.24, 2.45) is 0 Å². The fourth-order valence-electron chi connectivity index (χ4n) is 1.31. The minimum Gasteiger partial charge on any atom is -0.368 e. The van der Waals surface area contributed by atoms with Crippen LogP contribution in [0.4, 0.5) is 26.2 Å². The summed E-state index contributed by atoms with van der Waals surface area (Å²) in [7, 11) is 0. The molecule has 0 radical (unpaired) electrons. The molecule has 1 aromatic carbocycles. The Balaban J connectivity index is 2.38. The van der Waals surface area contributed by atoms with Crippen LogP contribution in [0.2, 0.25) is 0 Å². The standard InChI is InChI=1S/C11H10F2N4/c1-6-5-15-11(14)17-10(6)16-8-4-2-3-7(12)9(8)13/h2-5H,1H3,(H3,14,15,16,17). The molecule has 0 atom stereocenters. The van der Waals surface area contributed by atoms with Gasteiger partial charge in [0.25, 0.3) is 0 Å². The van der Waals surface area contributed by atoms with Crippen molar-refractivity contribution in [1.82, 2.24) is 9.97 Å². The van der Waals surface area contributed by atoms with Crippen LogP contribution in [0.3, 0.4) is 0 Å². The van der Waals surface area contributed by atoms with Gasteiger partial charge in [-0.3, -0.25) is 0 Å². The molecule has 0 aliphatic heterocycles. The summed E-state index contributed by atoms with van der Waals surface area (Å²) in [6, 6.07) is 3.86. The molecule has 0 bridgehead atoms. The molecule has 0 amide bonds. The molecule has 1 aromatic heterocycles. The van der Waals surface area contributed by atoms with Crippen LogP contribution in [0.5, 0.6) is 0 Å². The van der Waals surface area contributed by atoms with Gasteiger partial charge in [-0.05, 0) is 19.1 Å². The van der Waals surface area contributed by atoms with Gasteiger partial charge in [-0.2, -0.15) is 4.98 Å². The number of rotatable bonds is 2. The number of aromatic nitrogens is 2. The van der Waals surface area contributed by atoms with Crippen molar-refractivity contribution >= 4 is 17.5 Å². The summed E-state index contributed by atoms with van der Waals surface area (Å²) in [5, 5.41) is 2.68. The third-order valence-corrected chi connectivity index (χ3v) is 2.20. The van der Waals surface area contributed by atoms with E-state index in [0.717, 1.165) is 6.07 Å². The molecule has 17 heavy (non-hydrogen) atoms. The predicted molar refractivity (Wildman–Crippen MR) is 60.8 cm³/mol. The minimum atomic E-state index is -0.955. The Morgan fingerprint density at radius 1 is 1.29 bits per heavy atom. The lowest BCUT2D eigenvalue weighted by molar-refractivity contribution is 0.511. The number of anilines is 3. The summed E-state index contributed by atoms with van der Waals surface area (Å²) in [5.74, 6) is -1.46. The van der Waals surface area contributed by atoms with E-state index in [0.29, 0.717) is 11.4 Å². The number of nitrogen functional groups attached to an aromatic ring is 1. The highest BCUT2D eigenvalue weighted by molar-refractivity contribution is 5.60. The van der Waals surface area contributed by atoms with Crippen molar-refractivity contribution in [2.45, 2.75) is 6.92 Å². The monoisotopic (exact) mass is 236 g/mol. The minimum absolute atomic E-state index is 0.00574. The van der Waals surface area contributed by atoms with Crippen molar-refractivity contribution in [3.8, 4) is 0 Å². The van der Waals surface area contributed by atoms with Crippen LogP contribution in [0, 0.1) is 18.6 Å². The van der Waals surface area contributed by atoms with Gasteiger partial charge >= 0.3 is 0 Å². The van der Waals surface area contributed by atoms with Gasteiger partial charge in [-0.25, -0.2) is 13.8 Å². The molecule has 4 nitrogen and oxygen atoms in total. The molecule has 6 heteroatoms. The van der Waals surface area contributed by atoms with Crippen LogP contribution in [0.15, 0.2) is 24.4 Å². The number of hydrogen-bond acceptors (Lipinski definition) is 4. The fraction of sp³-hybridized carbons (Fsp3) is 0.0909. The third kappa shape index (κ3) is 2.30. The Kier molecular flexibility index (Phi) is 2.86. The topological polar surface area (TPSA) is 63.8 Å². The number of nitrogens with one attached hydrogen (secondary N) is 1. The van der Waals surface area contributed by atoms with Gasteiger partial charge in [0.05, 0.1) is 5.69 Å². The first kappa shape index (κ1) is 11.3. The Labute approximate surface area is 96.5 Å². The van der Waals surface area contributed by atoms with Crippen molar-refractivity contribution in [3.05, 3.63) is 41.6 Å². The fourth-order valence-corrected chi connectivity index (χ4v) is 1.31. The summed E-state index contributed by atoms with van der Waals surface area (Å²) in [6.07, 6.45) is 1.50. The predicted octanol–water partition coefficient (Wildman–Crippen LogP) is 2.39. The van der Waals surface area contributed by atoms with E-state index in [4.69, 9.17) is 5.73 Å². The molecule has 3 N–H and O–H groups in total. The third-order valence-electron chi connectivity index (χ3n) is 2.20. The van der Waals surface area contributed by atoms with E-state index >= 15 is 0 Å². The molecule has 0 aliphatic carbocycles. The smallest absolute Gasteiger partial charge is 0.221 e. The van der Waals surface area contributed by atoms with Crippen LogP contribution >= 0.6 is 0 Å². The van der Waals surface area contributed by atoms with Crippen LogP contribution in [0.25, 0.3) is 0 Å². The van der Waals surface area contributed by atoms with Gasteiger partial charge in [0.2, 0.25) is 5.95 Å². The first-order valence-electron chi connectivity index (χ1n) is 4.88. The largest absolute Gasteiger partial charge is 0.368 e. The molecular formula is C11H10F2N4. The van der Waals surface area contributed by atoms with Gasteiger partial charge in [0, 0.05) is 11.8 Å². The zero-order chi connectivity index (χ0) is 12.4. The summed E-state index contributed by atoms with van der Waals surface area (Å²) in [6.45, 7) is 1.74. The van der Waals surface area contributed by atoms with Crippen molar-refractivity contribution in [1.29, 1.82) is 0 Å². The lowest BCUT2D eigenvalue weighted by atomic mass is 10.2. The average molecular weight is 236 g/mol. The second-order valence-electron chi connectivity index (χ2n) is 3.49. The second kappa shape index (κ2) is 4.32. The molecule has 1 heterocycles. The lowest BCUT2D eigenvalue weighted by Gasteiger charge is -2.09. The van der Waals surface area contributed by atoms with Gasteiger partial charge < -0.3 is 11.1 Å². The Morgan fingerprint density at radius 2 is 2.06 bits per heavy atom. The Bertz CT molecular complexity index is 557. The highest BCUT2D eigenvalue weighted by Gasteiger charge is 2.09. The maximum atomic E-state index is 13.4. The van der Waals surface area contributed by atoms with Crippen LogP contribution in [-0.2, 0) is 0 Å². The highest BCUT2D eigenvalue weighted by Crippen LogP contribution is 2.22. The first-order valence-corrected chi connectivity index (χ1v) is 4.88. The molecule has 2 rings (SSSR count). The number of nitrogens with zero attached hydrogens (tertiary/aromatic N) is 2. The summed E-state index contributed by atoms with van der Waals surface area (Å²) >= 11 is 0. The molecule has 0 saturated heterocycles. The zero-order valence-corrected chi connectivity index (χ0v) is 9.04. The van der Waals surface area contributed by atoms with E-state index in [1.807, 2.05) is 0 Å². The van der Waals surface area contributed by atoms with Crippen molar-refractivity contribution in [2.75, 3.05) is 11.1 Å². The Morgan fingerprint density at radius 3 is 2.82 bits per heavy atom. The van der Waals surface area contributed by atoms with Gasteiger partial charge in [0.15, 0.2) is 11.6 Å². The van der Waals surface area contributed by atoms with E-state index in [2.05, 4.69) is 15.3 Å². The van der Waals surface area contributed by atoms with E-state index in [1.54, 1.807) is 6.92 Å².